The fraction of sp³-hybridized carbons (Fsp3) is 0.600. The molecule has 0 aliphatic rings. The van der Waals surface area contributed by atoms with Crippen molar-refractivity contribution in [2.75, 3.05) is 14.1 Å². The van der Waals surface area contributed by atoms with Gasteiger partial charge in [-0.25, -0.2) is 9.97 Å². The lowest BCUT2D eigenvalue weighted by atomic mass is 9.93. The van der Waals surface area contributed by atoms with Crippen molar-refractivity contribution in [3.63, 3.8) is 0 Å². The largest absolute Gasteiger partial charge is 0.350 e. The molecule has 2 aromatic rings. The van der Waals surface area contributed by atoms with Gasteiger partial charge in [-0.3, -0.25) is 9.67 Å². The van der Waals surface area contributed by atoms with E-state index in [-0.39, 0.29) is 5.41 Å². The Morgan fingerprint density at radius 1 is 1.43 bits per heavy atom. The number of rotatable bonds is 4. The van der Waals surface area contributed by atoms with Gasteiger partial charge in [0.05, 0.1) is 18.8 Å². The van der Waals surface area contributed by atoms with Gasteiger partial charge in [0.1, 0.15) is 17.2 Å². The second-order valence-electron chi connectivity index (χ2n) is 6.43. The molecule has 7 nitrogen and oxygen atoms in total. The Kier molecular flexibility index (Phi) is 5.35. The molecule has 0 atom stereocenters. The van der Waals surface area contributed by atoms with Crippen molar-refractivity contribution < 1.29 is 0 Å². The topological polar surface area (TPSA) is 71.2 Å². The molecule has 0 aromatic carbocycles. The van der Waals surface area contributed by atoms with E-state index in [1.165, 1.54) is 0 Å². The first kappa shape index (κ1) is 17.4. The first-order chi connectivity index (χ1) is 10.8. The summed E-state index contributed by atoms with van der Waals surface area (Å²) in [5.74, 6) is 1.69. The molecule has 23 heavy (non-hydrogen) atoms. The fourth-order valence-electron chi connectivity index (χ4n) is 2.03. The van der Waals surface area contributed by atoms with Gasteiger partial charge >= 0.3 is 0 Å². The molecule has 126 valence electrons. The van der Waals surface area contributed by atoms with E-state index < -0.39 is 0 Å². The maximum absolute atomic E-state index is 4.69. The quantitative estimate of drug-likeness (QED) is 0.681. The van der Waals surface area contributed by atoms with Crippen LogP contribution < -0.4 is 5.32 Å². The molecule has 0 amide bonds. The minimum absolute atomic E-state index is 0.0818. The van der Waals surface area contributed by atoms with Crippen LogP contribution in [-0.4, -0.2) is 44.7 Å². The van der Waals surface area contributed by atoms with Crippen LogP contribution in [0.4, 0.5) is 0 Å². The van der Waals surface area contributed by atoms with Crippen molar-refractivity contribution in [1.82, 2.24) is 30.0 Å². The number of hydrogen-bond donors (Lipinski definition) is 1. The lowest BCUT2D eigenvalue weighted by Gasteiger charge is -2.21. The minimum atomic E-state index is 0.0818. The summed E-state index contributed by atoms with van der Waals surface area (Å²) in [7, 11) is 5.64. The third kappa shape index (κ3) is 4.51. The highest BCUT2D eigenvalue weighted by atomic mass is 32.1. The smallest absolute Gasteiger partial charge is 0.194 e. The highest BCUT2D eigenvalue weighted by Crippen LogP contribution is 2.23. The molecular weight excluding hydrogens is 310 g/mol. The van der Waals surface area contributed by atoms with Crippen molar-refractivity contribution in [2.45, 2.75) is 39.3 Å². The Bertz CT molecular complexity index is 665. The van der Waals surface area contributed by atoms with Crippen LogP contribution in [-0.2, 0) is 25.6 Å². The predicted octanol–water partition coefficient (Wildman–Crippen LogP) is 1.78. The van der Waals surface area contributed by atoms with Crippen molar-refractivity contribution >= 4 is 17.3 Å². The standard InChI is InChI=1S/C15H25N7S/c1-15(2,3)11-9-23-13(20-11)7-17-14(16-4)21(5)8-12-18-10-19-22(12)6/h9-10H,7-8H2,1-6H3,(H,16,17). The van der Waals surface area contributed by atoms with Crippen LogP contribution in [0.1, 0.15) is 37.3 Å². The number of aryl methyl sites for hydroxylation is 1. The molecule has 1 N–H and O–H groups in total. The normalized spacial score (nSPS) is 12.5. The molecular formula is C15H25N7S. The summed E-state index contributed by atoms with van der Waals surface area (Å²) in [6.07, 6.45) is 1.56. The van der Waals surface area contributed by atoms with Gasteiger partial charge in [-0.1, -0.05) is 20.8 Å². The number of hydrogen-bond acceptors (Lipinski definition) is 5. The average molecular weight is 335 g/mol. The summed E-state index contributed by atoms with van der Waals surface area (Å²) in [5.41, 5.74) is 1.21. The van der Waals surface area contributed by atoms with Gasteiger partial charge in [-0.15, -0.1) is 11.3 Å². The Hall–Kier alpha value is -1.96. The Morgan fingerprint density at radius 3 is 2.70 bits per heavy atom. The van der Waals surface area contributed by atoms with Crippen molar-refractivity contribution in [2.24, 2.45) is 12.0 Å². The van der Waals surface area contributed by atoms with Gasteiger partial charge in [-0.05, 0) is 0 Å². The van der Waals surface area contributed by atoms with Crippen LogP contribution in [0.5, 0.6) is 0 Å². The average Bonchev–Trinajstić information content (AvgIpc) is 3.09. The molecule has 8 heteroatoms. The number of aromatic nitrogens is 4. The van der Waals surface area contributed by atoms with E-state index in [4.69, 9.17) is 4.98 Å². The van der Waals surface area contributed by atoms with Crippen LogP contribution in [0, 0.1) is 0 Å². The zero-order valence-corrected chi connectivity index (χ0v) is 15.5. The zero-order chi connectivity index (χ0) is 17.0. The van der Waals surface area contributed by atoms with Crippen LogP contribution >= 0.6 is 11.3 Å². The van der Waals surface area contributed by atoms with E-state index in [0.29, 0.717) is 13.1 Å². The molecule has 0 saturated heterocycles. The van der Waals surface area contributed by atoms with Crippen LogP contribution in [0.3, 0.4) is 0 Å². The monoisotopic (exact) mass is 335 g/mol. The van der Waals surface area contributed by atoms with Crippen LogP contribution in [0.2, 0.25) is 0 Å². The Morgan fingerprint density at radius 2 is 2.17 bits per heavy atom. The highest BCUT2D eigenvalue weighted by molar-refractivity contribution is 7.09. The van der Waals surface area contributed by atoms with E-state index >= 15 is 0 Å². The van der Waals surface area contributed by atoms with Gasteiger partial charge in [0.25, 0.3) is 0 Å². The summed E-state index contributed by atoms with van der Waals surface area (Å²) >= 11 is 1.67. The molecule has 0 saturated carbocycles. The predicted molar refractivity (Wildman–Crippen MR) is 93.5 cm³/mol. The van der Waals surface area contributed by atoms with E-state index in [0.717, 1.165) is 22.5 Å². The number of nitrogens with one attached hydrogen (secondary N) is 1. The lowest BCUT2D eigenvalue weighted by Crippen LogP contribution is -2.38. The molecule has 0 fully saturated rings. The maximum Gasteiger partial charge on any atom is 0.194 e. The van der Waals surface area contributed by atoms with E-state index in [9.17, 15) is 0 Å². The summed E-state index contributed by atoms with van der Waals surface area (Å²) in [4.78, 5) is 15.3. The van der Waals surface area contributed by atoms with Gasteiger partial charge in [-0.2, -0.15) is 5.10 Å². The van der Waals surface area contributed by atoms with Crippen molar-refractivity contribution in [3.8, 4) is 0 Å². The third-order valence-corrected chi connectivity index (χ3v) is 4.32. The molecule has 0 aliphatic carbocycles. The molecule has 0 spiro atoms. The molecule has 0 radical (unpaired) electrons. The van der Waals surface area contributed by atoms with E-state index in [1.807, 2.05) is 19.0 Å². The summed E-state index contributed by atoms with van der Waals surface area (Å²) in [6.45, 7) is 7.82. The number of guanidine groups is 1. The summed E-state index contributed by atoms with van der Waals surface area (Å²) in [5, 5.41) is 10.6. The molecule has 2 heterocycles. The Balaban J connectivity index is 1.95. The van der Waals surface area contributed by atoms with Gasteiger partial charge < -0.3 is 10.2 Å². The first-order valence-electron chi connectivity index (χ1n) is 7.51. The first-order valence-corrected chi connectivity index (χ1v) is 8.38. The van der Waals surface area contributed by atoms with E-state index in [1.54, 1.807) is 29.4 Å². The minimum Gasteiger partial charge on any atom is -0.350 e. The Labute approximate surface area is 141 Å². The molecule has 2 rings (SSSR count). The second kappa shape index (κ2) is 7.08. The molecule has 0 bridgehead atoms. The highest BCUT2D eigenvalue weighted by Gasteiger charge is 2.17. The number of thiazole rings is 1. The van der Waals surface area contributed by atoms with Crippen molar-refractivity contribution in [3.05, 3.63) is 28.2 Å². The molecule has 2 aromatic heterocycles. The molecule has 0 aliphatic heterocycles. The number of nitrogens with zero attached hydrogens (tertiary/aromatic N) is 6. The SMILES string of the molecule is CN=C(NCc1nc(C(C)(C)C)cs1)N(C)Cc1ncnn1C. The van der Waals surface area contributed by atoms with E-state index in [2.05, 4.69) is 46.5 Å². The van der Waals surface area contributed by atoms with Crippen LogP contribution in [0.15, 0.2) is 16.7 Å². The van der Waals surface area contributed by atoms with Gasteiger partial charge in [0, 0.05) is 31.9 Å². The third-order valence-electron chi connectivity index (χ3n) is 3.48. The summed E-state index contributed by atoms with van der Waals surface area (Å²) in [6, 6.07) is 0. The number of aliphatic imine (C=N–C) groups is 1. The fourth-order valence-corrected chi connectivity index (χ4v) is 2.99. The van der Waals surface area contributed by atoms with Crippen molar-refractivity contribution in [1.29, 1.82) is 0 Å². The van der Waals surface area contributed by atoms with Crippen LogP contribution in [0.25, 0.3) is 0 Å². The zero-order valence-electron chi connectivity index (χ0n) is 14.7. The van der Waals surface area contributed by atoms with Gasteiger partial charge in [0.15, 0.2) is 5.96 Å². The second-order valence-corrected chi connectivity index (χ2v) is 7.38. The summed E-state index contributed by atoms with van der Waals surface area (Å²) < 4.78 is 1.76. The van der Waals surface area contributed by atoms with Gasteiger partial charge in [0.2, 0.25) is 0 Å². The lowest BCUT2D eigenvalue weighted by molar-refractivity contribution is 0.448. The molecule has 0 unspecified atom stereocenters. The maximum atomic E-state index is 4.69.